The summed E-state index contributed by atoms with van der Waals surface area (Å²) >= 11 is 6.62. The van der Waals surface area contributed by atoms with Gasteiger partial charge in [0.25, 0.3) is 5.91 Å². The number of carboxylic acids is 1. The Kier molecular flexibility index (Phi) is 6.41. The fourth-order valence-electron chi connectivity index (χ4n) is 3.15. The summed E-state index contributed by atoms with van der Waals surface area (Å²) in [4.78, 5) is 25.3. The summed E-state index contributed by atoms with van der Waals surface area (Å²) < 4.78 is 8.09. The van der Waals surface area contributed by atoms with Crippen LogP contribution in [0.4, 0.5) is 0 Å². The van der Waals surface area contributed by atoms with Gasteiger partial charge in [-0.05, 0) is 62.9 Å². The van der Waals surface area contributed by atoms with Gasteiger partial charge in [0.15, 0.2) is 0 Å². The standard InChI is InChI=1S/C20H22N2O4S2/c1-13-10-15(14(2)22(13)12-16-6-5-9-26-16)11-17-19(25)21(20(27)28-17)8-4-3-7-18(23)24/h5-6,9-11H,3-4,7-8,12H2,1-2H3,(H,23,24)/p-1/b17-11-. The predicted octanol–water partition coefficient (Wildman–Crippen LogP) is 2.87. The van der Waals surface area contributed by atoms with Gasteiger partial charge in [0.05, 0.1) is 17.7 Å². The molecule has 2 aromatic heterocycles. The van der Waals surface area contributed by atoms with Crippen LogP contribution in [0, 0.1) is 13.8 Å². The molecule has 0 aromatic carbocycles. The van der Waals surface area contributed by atoms with E-state index in [9.17, 15) is 14.7 Å². The second kappa shape index (κ2) is 8.79. The van der Waals surface area contributed by atoms with E-state index in [0.29, 0.717) is 35.2 Å². The van der Waals surface area contributed by atoms with Crippen molar-refractivity contribution in [3.05, 3.63) is 52.1 Å². The Balaban J connectivity index is 1.72. The first-order valence-electron chi connectivity index (χ1n) is 9.01. The number of aromatic nitrogens is 1. The molecule has 0 saturated carbocycles. The molecule has 0 atom stereocenters. The van der Waals surface area contributed by atoms with Crippen LogP contribution in [0.1, 0.15) is 42.0 Å². The number of amides is 1. The molecule has 8 heteroatoms. The van der Waals surface area contributed by atoms with Crippen LogP contribution in [0.5, 0.6) is 0 Å². The monoisotopic (exact) mass is 417 g/mol. The minimum atomic E-state index is -1.07. The van der Waals surface area contributed by atoms with Crippen molar-refractivity contribution in [1.82, 2.24) is 9.47 Å². The summed E-state index contributed by atoms with van der Waals surface area (Å²) in [6.45, 7) is 5.10. The van der Waals surface area contributed by atoms with Crippen LogP contribution in [0.3, 0.4) is 0 Å². The number of carbonyl (C=O) groups is 2. The molecule has 0 spiro atoms. The molecule has 1 aliphatic heterocycles. The molecule has 3 heterocycles. The maximum absolute atomic E-state index is 12.7. The number of nitrogens with zero attached hydrogens (tertiary/aromatic N) is 2. The Morgan fingerprint density at radius 3 is 2.82 bits per heavy atom. The molecule has 1 saturated heterocycles. The Hall–Kier alpha value is -2.32. The predicted molar refractivity (Wildman–Crippen MR) is 110 cm³/mol. The van der Waals surface area contributed by atoms with Crippen molar-refractivity contribution in [2.24, 2.45) is 0 Å². The topological polar surface area (TPSA) is 78.5 Å². The van der Waals surface area contributed by atoms with Gasteiger partial charge in [-0.3, -0.25) is 9.69 Å². The number of thiocarbonyl (C=S) groups is 1. The second-order valence-electron chi connectivity index (χ2n) is 6.65. The van der Waals surface area contributed by atoms with E-state index in [1.54, 1.807) is 11.2 Å². The molecule has 6 nitrogen and oxygen atoms in total. The number of thioether (sulfide) groups is 1. The molecule has 3 rings (SSSR count). The zero-order valence-corrected chi connectivity index (χ0v) is 17.4. The van der Waals surface area contributed by atoms with Crippen molar-refractivity contribution in [3.63, 3.8) is 0 Å². The summed E-state index contributed by atoms with van der Waals surface area (Å²) in [7, 11) is 0. The van der Waals surface area contributed by atoms with E-state index < -0.39 is 5.97 Å². The fourth-order valence-corrected chi connectivity index (χ4v) is 4.45. The zero-order chi connectivity index (χ0) is 20.3. The second-order valence-corrected chi connectivity index (χ2v) is 8.33. The molecule has 1 aliphatic rings. The fraction of sp³-hybridized carbons (Fsp3) is 0.350. The van der Waals surface area contributed by atoms with Crippen LogP contribution in [-0.4, -0.2) is 32.2 Å². The molecule has 0 unspecified atom stereocenters. The molecule has 148 valence electrons. The molecule has 1 amide bonds. The van der Waals surface area contributed by atoms with Gasteiger partial charge in [0, 0.05) is 23.9 Å². The zero-order valence-electron chi connectivity index (χ0n) is 15.8. The van der Waals surface area contributed by atoms with Crippen molar-refractivity contribution in [3.8, 4) is 0 Å². The van der Waals surface area contributed by atoms with Gasteiger partial charge in [-0.1, -0.05) is 24.0 Å². The molecule has 0 bridgehead atoms. The SMILES string of the molecule is Cc1cc(/C=C2\SC(=S)N(CCCCC(=O)[O-])C2=O)c(C)n1Cc1ccco1. The maximum Gasteiger partial charge on any atom is 0.266 e. The third kappa shape index (κ3) is 4.56. The highest BCUT2D eigenvalue weighted by molar-refractivity contribution is 8.26. The van der Waals surface area contributed by atoms with E-state index in [1.807, 2.05) is 38.1 Å². The number of aryl methyl sites for hydroxylation is 1. The minimum Gasteiger partial charge on any atom is -0.550 e. The highest BCUT2D eigenvalue weighted by Crippen LogP contribution is 2.33. The summed E-state index contributed by atoms with van der Waals surface area (Å²) in [6.07, 6.45) is 4.56. The summed E-state index contributed by atoms with van der Waals surface area (Å²) in [6, 6.07) is 5.84. The third-order valence-electron chi connectivity index (χ3n) is 4.68. The molecule has 28 heavy (non-hydrogen) atoms. The molecule has 0 radical (unpaired) electrons. The Bertz CT molecular complexity index is 928. The van der Waals surface area contributed by atoms with Crippen molar-refractivity contribution < 1.29 is 19.1 Å². The van der Waals surface area contributed by atoms with E-state index >= 15 is 0 Å². The molecular formula is C20H21N2O4S2-. The lowest BCUT2D eigenvalue weighted by Crippen LogP contribution is -2.29. The van der Waals surface area contributed by atoms with E-state index in [1.165, 1.54) is 11.8 Å². The Labute approximate surface area is 173 Å². The van der Waals surface area contributed by atoms with Crippen LogP contribution in [-0.2, 0) is 16.1 Å². The molecule has 1 fully saturated rings. The number of hydrogen-bond acceptors (Lipinski definition) is 6. The molecule has 0 aliphatic carbocycles. The third-order valence-corrected chi connectivity index (χ3v) is 6.06. The van der Waals surface area contributed by atoms with Crippen LogP contribution >= 0.6 is 24.0 Å². The van der Waals surface area contributed by atoms with Crippen LogP contribution in [0.2, 0.25) is 0 Å². The van der Waals surface area contributed by atoms with Crippen LogP contribution in [0.25, 0.3) is 6.08 Å². The number of unbranched alkanes of at least 4 members (excludes halogenated alkanes) is 1. The lowest BCUT2D eigenvalue weighted by atomic mass is 10.2. The largest absolute Gasteiger partial charge is 0.550 e. The summed E-state index contributed by atoms with van der Waals surface area (Å²) in [5.41, 5.74) is 3.10. The van der Waals surface area contributed by atoms with E-state index in [-0.39, 0.29) is 12.3 Å². The summed E-state index contributed by atoms with van der Waals surface area (Å²) in [5, 5.41) is 10.5. The van der Waals surface area contributed by atoms with Gasteiger partial charge >= 0.3 is 0 Å². The van der Waals surface area contributed by atoms with Gasteiger partial charge < -0.3 is 18.9 Å². The average Bonchev–Trinajstić information content (AvgIpc) is 3.31. The van der Waals surface area contributed by atoms with Crippen molar-refractivity contribution >= 4 is 46.3 Å². The van der Waals surface area contributed by atoms with Gasteiger partial charge in [0.2, 0.25) is 0 Å². The first-order chi connectivity index (χ1) is 13.4. The lowest BCUT2D eigenvalue weighted by Gasteiger charge is -2.14. The quantitative estimate of drug-likeness (QED) is 0.373. The highest BCUT2D eigenvalue weighted by Gasteiger charge is 2.31. The number of carbonyl (C=O) groups excluding carboxylic acids is 2. The van der Waals surface area contributed by atoms with Crippen molar-refractivity contribution in [2.75, 3.05) is 6.54 Å². The highest BCUT2D eigenvalue weighted by atomic mass is 32.2. The van der Waals surface area contributed by atoms with Crippen molar-refractivity contribution in [2.45, 2.75) is 39.7 Å². The van der Waals surface area contributed by atoms with Crippen molar-refractivity contribution in [1.29, 1.82) is 0 Å². The molecular weight excluding hydrogens is 396 g/mol. The number of furan rings is 1. The van der Waals surface area contributed by atoms with Gasteiger partial charge in [0.1, 0.15) is 10.1 Å². The average molecular weight is 418 g/mol. The number of aliphatic carboxylic acids is 1. The summed E-state index contributed by atoms with van der Waals surface area (Å²) in [5.74, 6) is -0.328. The number of hydrogen-bond donors (Lipinski definition) is 0. The van der Waals surface area contributed by atoms with Crippen LogP contribution < -0.4 is 5.11 Å². The maximum atomic E-state index is 12.7. The first kappa shape index (κ1) is 20.4. The van der Waals surface area contributed by atoms with Gasteiger partial charge in [-0.25, -0.2) is 0 Å². The van der Waals surface area contributed by atoms with E-state index in [0.717, 1.165) is 22.7 Å². The normalized spacial score (nSPS) is 15.8. The molecule has 0 N–H and O–H groups in total. The minimum absolute atomic E-state index is 0.00765. The van der Waals surface area contributed by atoms with Gasteiger partial charge in [-0.2, -0.15) is 0 Å². The first-order valence-corrected chi connectivity index (χ1v) is 10.2. The number of rotatable bonds is 8. The number of carboxylic acid groups (broad SMARTS) is 1. The van der Waals surface area contributed by atoms with E-state index in [2.05, 4.69) is 4.57 Å². The van der Waals surface area contributed by atoms with E-state index in [4.69, 9.17) is 16.6 Å². The Morgan fingerprint density at radius 1 is 1.36 bits per heavy atom. The smallest absolute Gasteiger partial charge is 0.266 e. The molecule has 2 aromatic rings. The van der Waals surface area contributed by atoms with Gasteiger partial charge in [-0.15, -0.1) is 0 Å². The Morgan fingerprint density at radius 2 is 2.14 bits per heavy atom. The van der Waals surface area contributed by atoms with Crippen LogP contribution in [0.15, 0.2) is 33.8 Å². The lowest BCUT2D eigenvalue weighted by molar-refractivity contribution is -0.305.